The quantitative estimate of drug-likeness (QED) is 0.300. The van der Waals surface area contributed by atoms with Gasteiger partial charge in [-0.3, -0.25) is 24.0 Å². The molecule has 12 heteroatoms. The molecule has 0 spiro atoms. The summed E-state index contributed by atoms with van der Waals surface area (Å²) in [6.45, 7) is 12.1. The molecule has 2 N–H and O–H groups in total. The highest BCUT2D eigenvalue weighted by Gasteiger charge is 2.30. The van der Waals surface area contributed by atoms with E-state index in [1.54, 1.807) is 54.9 Å². The van der Waals surface area contributed by atoms with Crippen molar-refractivity contribution in [3.05, 3.63) is 88.9 Å². The zero-order valence-corrected chi connectivity index (χ0v) is 27.4. The van der Waals surface area contributed by atoms with Gasteiger partial charge in [0.1, 0.15) is 17.7 Å². The van der Waals surface area contributed by atoms with Gasteiger partial charge in [-0.1, -0.05) is 18.7 Å². The summed E-state index contributed by atoms with van der Waals surface area (Å²) < 4.78 is 28.8. The maximum Gasteiger partial charge on any atom is 0.257 e. The van der Waals surface area contributed by atoms with Crippen molar-refractivity contribution in [1.82, 2.24) is 24.9 Å². The van der Waals surface area contributed by atoms with Gasteiger partial charge in [-0.25, -0.2) is 4.39 Å². The van der Waals surface area contributed by atoms with Crippen LogP contribution >= 0.6 is 0 Å². The van der Waals surface area contributed by atoms with Gasteiger partial charge in [0.25, 0.3) is 11.8 Å². The number of nitrogens with zero attached hydrogens (tertiary/aromatic N) is 4. The third-order valence-corrected chi connectivity index (χ3v) is 8.72. The van der Waals surface area contributed by atoms with Gasteiger partial charge >= 0.3 is 0 Å². The van der Waals surface area contributed by atoms with Gasteiger partial charge in [0, 0.05) is 70.2 Å². The summed E-state index contributed by atoms with van der Waals surface area (Å²) in [5, 5.41) is 9.96. The summed E-state index contributed by atoms with van der Waals surface area (Å²) in [7, 11) is 1.75. The van der Waals surface area contributed by atoms with Crippen LogP contribution in [0.15, 0.2) is 55.3 Å². The van der Waals surface area contributed by atoms with Crippen LogP contribution in [0.25, 0.3) is 0 Å². The van der Waals surface area contributed by atoms with E-state index < -0.39 is 17.9 Å². The van der Waals surface area contributed by atoms with Crippen LogP contribution in [0.4, 0.5) is 10.2 Å². The van der Waals surface area contributed by atoms with Crippen LogP contribution < -0.4 is 15.4 Å². The molecule has 2 aromatic carbocycles. The van der Waals surface area contributed by atoms with E-state index in [4.69, 9.17) is 9.47 Å². The minimum atomic E-state index is -0.670. The molecule has 3 aromatic rings. The van der Waals surface area contributed by atoms with Gasteiger partial charge in [0.15, 0.2) is 5.82 Å². The van der Waals surface area contributed by atoms with E-state index in [1.807, 2.05) is 13.0 Å². The van der Waals surface area contributed by atoms with Crippen molar-refractivity contribution in [1.29, 1.82) is 0 Å². The van der Waals surface area contributed by atoms with Gasteiger partial charge in [0.2, 0.25) is 5.91 Å². The second-order valence-electron chi connectivity index (χ2n) is 12.3. The molecule has 3 heterocycles. The number of benzene rings is 2. The fourth-order valence-corrected chi connectivity index (χ4v) is 6.02. The highest BCUT2D eigenvalue weighted by molar-refractivity contribution is 6.07. The van der Waals surface area contributed by atoms with Crippen LogP contribution in [-0.2, 0) is 16.6 Å². The Hall–Kier alpha value is -4.55. The van der Waals surface area contributed by atoms with E-state index in [9.17, 15) is 18.8 Å². The first-order valence-electron chi connectivity index (χ1n) is 16.0. The topological polar surface area (TPSA) is 118 Å². The van der Waals surface area contributed by atoms with Gasteiger partial charge in [-0.05, 0) is 74.6 Å². The van der Waals surface area contributed by atoms with Crippen molar-refractivity contribution < 1.29 is 28.2 Å². The molecule has 2 aliphatic heterocycles. The molecule has 3 atom stereocenters. The first kappa shape index (κ1) is 33.8. The largest absolute Gasteiger partial charge is 0.484 e. The van der Waals surface area contributed by atoms with Crippen LogP contribution in [-0.4, -0.2) is 88.8 Å². The van der Waals surface area contributed by atoms with Crippen LogP contribution in [0.5, 0.6) is 5.75 Å². The van der Waals surface area contributed by atoms with Crippen LogP contribution in [0.1, 0.15) is 63.3 Å². The zero-order valence-electron chi connectivity index (χ0n) is 27.4. The highest BCUT2D eigenvalue weighted by Crippen LogP contribution is 2.31. The molecule has 0 bridgehead atoms. The summed E-state index contributed by atoms with van der Waals surface area (Å²) in [6, 6.07) is 9.80. The number of ether oxygens (including phenoxy) is 2. The molecule has 0 aliphatic carbocycles. The number of aryl methyl sites for hydroxylation is 3. The molecule has 11 nitrogen and oxygen atoms in total. The Labute approximate surface area is 274 Å². The first-order valence-corrected chi connectivity index (χ1v) is 16.0. The molecule has 47 heavy (non-hydrogen) atoms. The molecule has 0 saturated carbocycles. The Bertz CT molecular complexity index is 1630. The van der Waals surface area contributed by atoms with Crippen molar-refractivity contribution in [3.63, 3.8) is 0 Å². The predicted octanol–water partition coefficient (Wildman–Crippen LogP) is 4.18. The SMILES string of the molecule is C=CC(=O)N1CCN(C[C@@H](Oc2cc(C)c(C(=O)Nc3ccn(C)n3)cc2C(=O)NC[C@@H]2CCCO2)c2ccc(C)c(F)c2)C[C@H]1C. The fraction of sp³-hybridized carbons (Fsp3) is 0.429. The Kier molecular flexibility index (Phi) is 10.7. The summed E-state index contributed by atoms with van der Waals surface area (Å²) >= 11 is 0. The van der Waals surface area contributed by atoms with E-state index in [0.29, 0.717) is 67.4 Å². The molecule has 0 radical (unpaired) electrons. The fourth-order valence-electron chi connectivity index (χ4n) is 6.02. The minimum absolute atomic E-state index is 0.0667. The van der Waals surface area contributed by atoms with Crippen LogP contribution in [0, 0.1) is 19.7 Å². The third-order valence-electron chi connectivity index (χ3n) is 8.72. The molecule has 5 rings (SSSR count). The van der Waals surface area contributed by atoms with Crippen molar-refractivity contribution in [2.75, 3.05) is 44.6 Å². The van der Waals surface area contributed by atoms with Gasteiger partial charge < -0.3 is 25.0 Å². The number of halogens is 1. The molecular formula is C35H43FN6O5. The number of carbonyl (C=O) groups is 3. The number of rotatable bonds is 11. The van der Waals surface area contributed by atoms with Crippen molar-refractivity contribution in [2.24, 2.45) is 7.05 Å². The van der Waals surface area contributed by atoms with Gasteiger partial charge in [0.05, 0.1) is 11.7 Å². The normalized spacial score (nSPS) is 18.9. The lowest BCUT2D eigenvalue weighted by Gasteiger charge is -2.40. The van der Waals surface area contributed by atoms with Gasteiger partial charge in [-0.2, -0.15) is 5.10 Å². The Morgan fingerprint density at radius 1 is 1.13 bits per heavy atom. The Morgan fingerprint density at radius 2 is 1.94 bits per heavy atom. The maximum atomic E-state index is 14.9. The number of nitrogens with one attached hydrogen (secondary N) is 2. The van der Waals surface area contributed by atoms with E-state index in [-0.39, 0.29) is 35.2 Å². The second kappa shape index (κ2) is 14.9. The third kappa shape index (κ3) is 8.25. The first-order chi connectivity index (χ1) is 22.5. The lowest BCUT2D eigenvalue weighted by atomic mass is 10.0. The standard InChI is InChI=1S/C35H43FN6O5/c1-6-33(43)42-14-13-41(20-24(42)4)21-31(25-10-9-22(2)29(36)17-25)47-30-16-23(3)27(35(45)38-32-11-12-40(5)39-32)18-28(30)34(44)37-19-26-8-7-15-46-26/h6,9-12,16-18,24,26,31H,1,7-8,13-15,19-21H2,2-5H3,(H,37,44)(H,38,39,45)/t24-,26+,31-/m1/s1. The van der Waals surface area contributed by atoms with E-state index in [1.165, 1.54) is 18.2 Å². The smallest absolute Gasteiger partial charge is 0.257 e. The number of amides is 3. The molecular weight excluding hydrogens is 603 g/mol. The number of aromatic nitrogens is 2. The molecule has 2 fully saturated rings. The summed E-state index contributed by atoms with van der Waals surface area (Å²) in [5.41, 5.74) is 2.16. The average Bonchev–Trinajstić information content (AvgIpc) is 3.72. The number of anilines is 1. The lowest BCUT2D eigenvalue weighted by Crippen LogP contribution is -2.54. The van der Waals surface area contributed by atoms with Crippen molar-refractivity contribution in [2.45, 2.75) is 51.9 Å². The molecule has 2 saturated heterocycles. The van der Waals surface area contributed by atoms with Gasteiger partial charge in [-0.15, -0.1) is 0 Å². The monoisotopic (exact) mass is 646 g/mol. The van der Waals surface area contributed by atoms with Crippen LogP contribution in [0.3, 0.4) is 0 Å². The minimum Gasteiger partial charge on any atom is -0.484 e. The number of hydrogen-bond acceptors (Lipinski definition) is 7. The van der Waals surface area contributed by atoms with E-state index in [0.717, 1.165) is 12.8 Å². The molecule has 1 aromatic heterocycles. The van der Waals surface area contributed by atoms with Crippen molar-refractivity contribution >= 4 is 23.5 Å². The number of piperazine rings is 1. The Morgan fingerprint density at radius 3 is 2.60 bits per heavy atom. The van der Waals surface area contributed by atoms with Crippen molar-refractivity contribution in [3.8, 4) is 5.75 Å². The number of carbonyl (C=O) groups excluding carboxylic acids is 3. The predicted molar refractivity (Wildman–Crippen MR) is 176 cm³/mol. The van der Waals surface area contributed by atoms with E-state index in [2.05, 4.69) is 27.2 Å². The molecule has 250 valence electrons. The molecule has 3 amide bonds. The second-order valence-corrected chi connectivity index (χ2v) is 12.3. The maximum absolute atomic E-state index is 14.9. The summed E-state index contributed by atoms with van der Waals surface area (Å²) in [5.74, 6) is -0.668. The van der Waals surface area contributed by atoms with Crippen LogP contribution in [0.2, 0.25) is 0 Å². The average molecular weight is 647 g/mol. The number of hydrogen-bond donors (Lipinski definition) is 2. The molecule has 2 aliphatic rings. The highest BCUT2D eigenvalue weighted by atomic mass is 19.1. The molecule has 0 unspecified atom stereocenters. The summed E-state index contributed by atoms with van der Waals surface area (Å²) in [6.07, 6.45) is 4.06. The summed E-state index contributed by atoms with van der Waals surface area (Å²) in [4.78, 5) is 43.4. The lowest BCUT2D eigenvalue weighted by molar-refractivity contribution is -0.130. The Balaban J connectivity index is 1.46. The zero-order chi connectivity index (χ0) is 33.7. The van der Waals surface area contributed by atoms with E-state index >= 15 is 0 Å².